The minimum Gasteiger partial charge on any atom is -0.493 e. The van der Waals surface area contributed by atoms with Gasteiger partial charge in [-0.3, -0.25) is 0 Å². The molecule has 0 spiro atoms. The van der Waals surface area contributed by atoms with Crippen LogP contribution in [0.4, 0.5) is 11.4 Å². The molecule has 0 saturated carbocycles. The van der Waals surface area contributed by atoms with Gasteiger partial charge in [0.15, 0.2) is 0 Å². The molecular weight excluding hydrogens is 362 g/mol. The molecule has 5 heteroatoms. The molecule has 0 radical (unpaired) electrons. The van der Waals surface area contributed by atoms with Crippen molar-refractivity contribution in [3.8, 4) is 16.9 Å². The molecule has 136 valence electrons. The second kappa shape index (κ2) is 6.97. The Bertz CT molecular complexity index is 1050. The van der Waals surface area contributed by atoms with E-state index in [0.29, 0.717) is 22.9 Å². The van der Waals surface area contributed by atoms with Gasteiger partial charge in [0.1, 0.15) is 5.75 Å². The van der Waals surface area contributed by atoms with Crippen molar-refractivity contribution in [2.24, 2.45) is 0 Å². The number of hydrogen-bond donors (Lipinski definition) is 2. The first-order chi connectivity index (χ1) is 13.0. The highest BCUT2D eigenvalue weighted by Crippen LogP contribution is 2.39. The van der Waals surface area contributed by atoms with Gasteiger partial charge in [0.25, 0.3) is 0 Å². The second-order valence-electron chi connectivity index (χ2n) is 6.51. The summed E-state index contributed by atoms with van der Waals surface area (Å²) in [6.45, 7) is 2.48. The lowest BCUT2D eigenvalue weighted by Gasteiger charge is -2.17. The average Bonchev–Trinajstić information content (AvgIpc) is 3.09. The van der Waals surface area contributed by atoms with Crippen LogP contribution in [-0.2, 0) is 6.42 Å². The molecule has 1 aliphatic heterocycles. The summed E-state index contributed by atoms with van der Waals surface area (Å²) in [6.07, 6.45) is 0.872. The van der Waals surface area contributed by atoms with Gasteiger partial charge in [-0.2, -0.15) is 0 Å². The number of carboxylic acids is 1. The van der Waals surface area contributed by atoms with E-state index in [1.807, 2.05) is 36.4 Å². The van der Waals surface area contributed by atoms with Crippen molar-refractivity contribution in [1.29, 1.82) is 0 Å². The zero-order chi connectivity index (χ0) is 19.0. The van der Waals surface area contributed by atoms with Crippen molar-refractivity contribution in [3.05, 3.63) is 76.3 Å². The van der Waals surface area contributed by atoms with Gasteiger partial charge in [0, 0.05) is 17.7 Å². The SMILES string of the molecule is Cc1cccc(Nc2cccc(Cl)c2-c2ccc3c(c2)CCO3)c1C(=O)O. The van der Waals surface area contributed by atoms with Crippen LogP contribution in [0.15, 0.2) is 54.6 Å². The van der Waals surface area contributed by atoms with Crippen LogP contribution >= 0.6 is 11.6 Å². The Morgan fingerprint density at radius 1 is 1.11 bits per heavy atom. The predicted octanol–water partition coefficient (Wildman–Crippen LogP) is 5.69. The number of aryl methyl sites for hydroxylation is 1. The first-order valence-electron chi connectivity index (χ1n) is 8.69. The Balaban J connectivity index is 1.81. The minimum absolute atomic E-state index is 0.255. The molecule has 4 nitrogen and oxygen atoms in total. The van der Waals surface area contributed by atoms with Gasteiger partial charge in [0.05, 0.1) is 22.9 Å². The number of anilines is 2. The molecule has 0 amide bonds. The fourth-order valence-electron chi connectivity index (χ4n) is 3.46. The zero-order valence-electron chi connectivity index (χ0n) is 14.8. The van der Waals surface area contributed by atoms with Crippen LogP contribution in [0.5, 0.6) is 5.75 Å². The summed E-state index contributed by atoms with van der Waals surface area (Å²) in [5, 5.41) is 13.5. The Kier molecular flexibility index (Phi) is 4.50. The molecule has 2 N–H and O–H groups in total. The van der Waals surface area contributed by atoms with E-state index in [1.165, 1.54) is 0 Å². The lowest BCUT2D eigenvalue weighted by atomic mass is 9.99. The highest BCUT2D eigenvalue weighted by atomic mass is 35.5. The monoisotopic (exact) mass is 379 g/mol. The molecule has 4 rings (SSSR count). The number of nitrogens with one attached hydrogen (secondary N) is 1. The number of halogens is 1. The third-order valence-corrected chi connectivity index (χ3v) is 5.06. The van der Waals surface area contributed by atoms with Crippen molar-refractivity contribution in [2.75, 3.05) is 11.9 Å². The van der Waals surface area contributed by atoms with Crippen molar-refractivity contribution >= 4 is 28.9 Å². The zero-order valence-corrected chi connectivity index (χ0v) is 15.5. The molecule has 0 aromatic heterocycles. The summed E-state index contributed by atoms with van der Waals surface area (Å²) >= 11 is 6.53. The fraction of sp³-hybridized carbons (Fsp3) is 0.136. The third-order valence-electron chi connectivity index (χ3n) is 4.75. The Labute approximate surface area is 162 Å². The van der Waals surface area contributed by atoms with E-state index in [9.17, 15) is 9.90 Å². The maximum atomic E-state index is 11.7. The van der Waals surface area contributed by atoms with E-state index in [0.717, 1.165) is 34.5 Å². The van der Waals surface area contributed by atoms with Gasteiger partial charge in [-0.15, -0.1) is 0 Å². The number of fused-ring (bicyclic) bond motifs is 1. The summed E-state index contributed by atoms with van der Waals surface area (Å²) in [5.74, 6) is -0.0546. The van der Waals surface area contributed by atoms with E-state index in [-0.39, 0.29) is 5.56 Å². The highest BCUT2D eigenvalue weighted by molar-refractivity contribution is 6.34. The van der Waals surface area contributed by atoms with Crippen molar-refractivity contribution in [2.45, 2.75) is 13.3 Å². The molecule has 1 aliphatic rings. The van der Waals surface area contributed by atoms with E-state index in [2.05, 4.69) is 11.4 Å². The molecule has 0 bridgehead atoms. The van der Waals surface area contributed by atoms with E-state index >= 15 is 0 Å². The molecule has 3 aromatic carbocycles. The smallest absolute Gasteiger partial charge is 0.338 e. The lowest BCUT2D eigenvalue weighted by Crippen LogP contribution is -2.05. The van der Waals surface area contributed by atoms with E-state index < -0.39 is 5.97 Å². The molecule has 0 aliphatic carbocycles. The maximum absolute atomic E-state index is 11.7. The number of aromatic carboxylic acids is 1. The molecule has 0 saturated heterocycles. The van der Waals surface area contributed by atoms with Crippen molar-refractivity contribution in [1.82, 2.24) is 0 Å². The average molecular weight is 380 g/mol. The van der Waals surface area contributed by atoms with Crippen molar-refractivity contribution in [3.63, 3.8) is 0 Å². The molecule has 0 unspecified atom stereocenters. The summed E-state index contributed by atoms with van der Waals surface area (Å²) in [4.78, 5) is 11.7. The minimum atomic E-state index is -0.964. The number of hydrogen-bond acceptors (Lipinski definition) is 3. The van der Waals surface area contributed by atoms with Crippen LogP contribution < -0.4 is 10.1 Å². The molecule has 1 heterocycles. The quantitative estimate of drug-likeness (QED) is 0.611. The summed E-state index contributed by atoms with van der Waals surface area (Å²) in [6, 6.07) is 17.0. The van der Waals surface area contributed by atoms with Gasteiger partial charge < -0.3 is 15.2 Å². The molecule has 0 fully saturated rings. The van der Waals surface area contributed by atoms with Crippen LogP contribution in [0.2, 0.25) is 5.02 Å². The Morgan fingerprint density at radius 2 is 1.89 bits per heavy atom. The Morgan fingerprint density at radius 3 is 2.70 bits per heavy atom. The molecular formula is C22H18ClNO3. The van der Waals surface area contributed by atoms with E-state index in [1.54, 1.807) is 19.1 Å². The number of rotatable bonds is 4. The summed E-state index contributed by atoms with van der Waals surface area (Å²) in [7, 11) is 0. The highest BCUT2D eigenvalue weighted by Gasteiger charge is 2.18. The predicted molar refractivity (Wildman–Crippen MR) is 108 cm³/mol. The van der Waals surface area contributed by atoms with Crippen LogP contribution in [0.1, 0.15) is 21.5 Å². The van der Waals surface area contributed by atoms with Crippen molar-refractivity contribution < 1.29 is 14.6 Å². The van der Waals surface area contributed by atoms with Gasteiger partial charge in [-0.05, 0) is 53.9 Å². The number of ether oxygens (including phenoxy) is 1. The van der Waals surface area contributed by atoms with Gasteiger partial charge >= 0.3 is 5.97 Å². The standard InChI is InChI=1S/C22H18ClNO3/c1-13-4-2-6-17(20(13)22(25)26)24-18-7-3-5-16(23)21(18)15-8-9-19-14(12-15)10-11-27-19/h2-9,12,24H,10-11H2,1H3,(H,25,26). The largest absolute Gasteiger partial charge is 0.493 e. The first-order valence-corrected chi connectivity index (χ1v) is 9.07. The Hall–Kier alpha value is -2.98. The number of carboxylic acid groups (broad SMARTS) is 1. The fourth-order valence-corrected chi connectivity index (χ4v) is 3.75. The van der Waals surface area contributed by atoms with Crippen LogP contribution in [-0.4, -0.2) is 17.7 Å². The third kappa shape index (κ3) is 3.24. The topological polar surface area (TPSA) is 58.6 Å². The van der Waals surface area contributed by atoms with Crippen LogP contribution in [0.25, 0.3) is 11.1 Å². The lowest BCUT2D eigenvalue weighted by molar-refractivity contribution is 0.0697. The molecule has 3 aromatic rings. The molecule has 27 heavy (non-hydrogen) atoms. The van der Waals surface area contributed by atoms with Crippen LogP contribution in [0.3, 0.4) is 0 Å². The summed E-state index contributed by atoms with van der Waals surface area (Å²) < 4.78 is 5.59. The van der Waals surface area contributed by atoms with Gasteiger partial charge in [-0.25, -0.2) is 4.79 Å². The van der Waals surface area contributed by atoms with E-state index in [4.69, 9.17) is 16.3 Å². The van der Waals surface area contributed by atoms with Crippen LogP contribution in [0, 0.1) is 6.92 Å². The second-order valence-corrected chi connectivity index (χ2v) is 6.92. The molecule has 0 atom stereocenters. The van der Waals surface area contributed by atoms with Gasteiger partial charge in [-0.1, -0.05) is 35.9 Å². The first kappa shape index (κ1) is 17.4. The maximum Gasteiger partial charge on any atom is 0.338 e. The van der Waals surface area contributed by atoms with Gasteiger partial charge in [0.2, 0.25) is 0 Å². The summed E-state index contributed by atoms with van der Waals surface area (Å²) in [5.41, 5.74) is 5.21. The number of carbonyl (C=O) groups is 1. The number of benzene rings is 3. The normalized spacial score (nSPS) is 12.4.